The van der Waals surface area contributed by atoms with Gasteiger partial charge in [-0.3, -0.25) is 0 Å². The third-order valence-electron chi connectivity index (χ3n) is 2.46. The smallest absolute Gasteiger partial charge is 0.109 e. The molecule has 0 aromatic carbocycles. The van der Waals surface area contributed by atoms with Gasteiger partial charge < -0.3 is 14.5 Å². The van der Waals surface area contributed by atoms with Gasteiger partial charge in [0.1, 0.15) is 5.82 Å². The molecule has 1 fully saturated rings. The van der Waals surface area contributed by atoms with Crippen LogP contribution < -0.4 is 0 Å². The second-order valence-corrected chi connectivity index (χ2v) is 4.77. The van der Waals surface area contributed by atoms with E-state index in [1.807, 2.05) is 6.20 Å². The molecule has 0 saturated carbocycles. The average Bonchev–Trinajstić information content (AvgIpc) is 2.66. The Morgan fingerprint density at radius 1 is 1.53 bits per heavy atom. The second-order valence-electron chi connectivity index (χ2n) is 3.61. The summed E-state index contributed by atoms with van der Waals surface area (Å²) >= 11 is 2.22. The predicted molar refractivity (Wildman–Crippen MR) is 64.8 cm³/mol. The number of imidazole rings is 1. The molecule has 4 nitrogen and oxygen atoms in total. The van der Waals surface area contributed by atoms with E-state index in [4.69, 9.17) is 9.47 Å². The maximum Gasteiger partial charge on any atom is 0.109 e. The van der Waals surface area contributed by atoms with Crippen LogP contribution in [-0.2, 0) is 15.9 Å². The Labute approximate surface area is 103 Å². The van der Waals surface area contributed by atoms with Crippen LogP contribution >= 0.6 is 22.6 Å². The van der Waals surface area contributed by atoms with Gasteiger partial charge in [0.05, 0.1) is 22.6 Å². The van der Waals surface area contributed by atoms with Gasteiger partial charge in [-0.05, 0) is 35.4 Å². The van der Waals surface area contributed by atoms with E-state index in [0.717, 1.165) is 48.6 Å². The number of nitrogens with zero attached hydrogens (tertiary/aromatic N) is 1. The monoisotopic (exact) mass is 322 g/mol. The van der Waals surface area contributed by atoms with Gasteiger partial charge in [-0.15, -0.1) is 0 Å². The fourth-order valence-corrected chi connectivity index (χ4v) is 2.08. The van der Waals surface area contributed by atoms with Crippen LogP contribution in [0.2, 0.25) is 0 Å². The lowest BCUT2D eigenvalue weighted by Gasteiger charge is -2.22. The Morgan fingerprint density at radius 2 is 2.33 bits per heavy atom. The lowest BCUT2D eigenvalue weighted by atomic mass is 10.1. The molecule has 1 aliphatic rings. The van der Waals surface area contributed by atoms with Gasteiger partial charge in [-0.25, -0.2) is 4.98 Å². The van der Waals surface area contributed by atoms with Gasteiger partial charge in [-0.2, -0.15) is 0 Å². The van der Waals surface area contributed by atoms with E-state index < -0.39 is 0 Å². The van der Waals surface area contributed by atoms with E-state index in [1.54, 1.807) is 0 Å². The number of nitrogens with one attached hydrogen (secondary N) is 1. The normalized spacial score (nSPS) is 18.2. The van der Waals surface area contributed by atoms with Crippen molar-refractivity contribution in [2.24, 2.45) is 0 Å². The zero-order valence-electron chi connectivity index (χ0n) is 8.54. The summed E-state index contributed by atoms with van der Waals surface area (Å²) in [4.78, 5) is 7.42. The van der Waals surface area contributed by atoms with E-state index in [1.165, 1.54) is 0 Å². The molecule has 0 aliphatic carbocycles. The van der Waals surface area contributed by atoms with Gasteiger partial charge in [0.2, 0.25) is 0 Å². The summed E-state index contributed by atoms with van der Waals surface area (Å²) < 4.78 is 12.1. The Balaban J connectivity index is 1.65. The van der Waals surface area contributed by atoms with E-state index in [9.17, 15) is 0 Å². The number of H-pyrrole nitrogens is 1. The molecule has 1 saturated heterocycles. The van der Waals surface area contributed by atoms with Crippen molar-refractivity contribution in [2.75, 3.05) is 19.8 Å². The van der Waals surface area contributed by atoms with E-state index in [2.05, 4.69) is 32.6 Å². The highest BCUT2D eigenvalue weighted by Gasteiger charge is 2.13. The maximum absolute atomic E-state index is 5.75. The molecular weight excluding hydrogens is 307 g/mol. The fourth-order valence-electron chi connectivity index (χ4n) is 1.63. The fraction of sp³-hybridized carbons (Fsp3) is 0.700. The first kappa shape index (κ1) is 11.3. The zero-order chi connectivity index (χ0) is 10.5. The molecule has 1 N–H and O–H groups in total. The molecule has 2 rings (SSSR count). The minimum Gasteiger partial charge on any atom is -0.381 e. The molecule has 0 atom stereocenters. The number of hydrogen-bond donors (Lipinski definition) is 1. The molecule has 0 unspecified atom stereocenters. The summed E-state index contributed by atoms with van der Waals surface area (Å²) in [6, 6.07) is 0. The molecule has 1 aromatic rings. The molecule has 1 aliphatic heterocycles. The maximum atomic E-state index is 5.75. The largest absolute Gasteiger partial charge is 0.381 e. The Morgan fingerprint density at radius 3 is 3.00 bits per heavy atom. The first-order chi connectivity index (χ1) is 7.34. The highest BCUT2D eigenvalue weighted by molar-refractivity contribution is 14.1. The SMILES string of the molecule is Ic1cnc(CCOC2CCOCC2)[nH]1. The van der Waals surface area contributed by atoms with Gasteiger partial charge in [0.15, 0.2) is 0 Å². The van der Waals surface area contributed by atoms with Gasteiger partial charge in [-0.1, -0.05) is 0 Å². The Bertz CT molecular complexity index is 297. The summed E-state index contributed by atoms with van der Waals surface area (Å²) in [7, 11) is 0. The molecule has 5 heteroatoms. The van der Waals surface area contributed by atoms with Crippen molar-refractivity contribution in [1.82, 2.24) is 9.97 Å². The molecular formula is C10H15IN2O2. The Kier molecular flexibility index (Phi) is 4.40. The summed E-state index contributed by atoms with van der Waals surface area (Å²) in [5.74, 6) is 1.01. The number of hydrogen-bond acceptors (Lipinski definition) is 3. The topological polar surface area (TPSA) is 47.1 Å². The third kappa shape index (κ3) is 3.73. The van der Waals surface area contributed by atoms with Crippen molar-refractivity contribution in [3.05, 3.63) is 15.7 Å². The van der Waals surface area contributed by atoms with Crippen molar-refractivity contribution in [2.45, 2.75) is 25.4 Å². The van der Waals surface area contributed by atoms with Crippen molar-refractivity contribution in [1.29, 1.82) is 0 Å². The minimum absolute atomic E-state index is 0.382. The summed E-state index contributed by atoms with van der Waals surface area (Å²) in [5.41, 5.74) is 0. The zero-order valence-corrected chi connectivity index (χ0v) is 10.7. The standard InChI is InChI=1S/C10H15IN2O2/c11-9-7-12-10(13-9)3-6-15-8-1-4-14-5-2-8/h7-8H,1-6H2,(H,12,13). The average molecular weight is 322 g/mol. The van der Waals surface area contributed by atoms with Crippen LogP contribution in [0.4, 0.5) is 0 Å². The van der Waals surface area contributed by atoms with Crippen LogP contribution in [-0.4, -0.2) is 35.9 Å². The number of ether oxygens (including phenoxy) is 2. The first-order valence-corrected chi connectivity index (χ1v) is 6.31. The van der Waals surface area contributed by atoms with Crippen molar-refractivity contribution >= 4 is 22.6 Å². The first-order valence-electron chi connectivity index (χ1n) is 5.23. The van der Waals surface area contributed by atoms with Gasteiger partial charge in [0.25, 0.3) is 0 Å². The van der Waals surface area contributed by atoms with Gasteiger partial charge in [0, 0.05) is 19.6 Å². The number of rotatable bonds is 4. The molecule has 0 amide bonds. The van der Waals surface area contributed by atoms with Crippen molar-refractivity contribution in [3.63, 3.8) is 0 Å². The highest BCUT2D eigenvalue weighted by atomic mass is 127. The quantitative estimate of drug-likeness (QED) is 0.859. The van der Waals surface area contributed by atoms with E-state index >= 15 is 0 Å². The van der Waals surface area contributed by atoms with Crippen molar-refractivity contribution in [3.8, 4) is 0 Å². The molecule has 0 bridgehead atoms. The predicted octanol–water partition coefficient (Wildman–Crippen LogP) is 1.75. The highest BCUT2D eigenvalue weighted by Crippen LogP contribution is 2.11. The molecule has 2 heterocycles. The van der Waals surface area contributed by atoms with Crippen LogP contribution in [0, 0.1) is 3.70 Å². The molecule has 84 valence electrons. The molecule has 15 heavy (non-hydrogen) atoms. The number of aromatic amines is 1. The number of halogens is 1. The van der Waals surface area contributed by atoms with Crippen LogP contribution in [0.3, 0.4) is 0 Å². The lowest BCUT2D eigenvalue weighted by Crippen LogP contribution is -2.24. The minimum atomic E-state index is 0.382. The van der Waals surface area contributed by atoms with Crippen LogP contribution in [0.1, 0.15) is 18.7 Å². The molecule has 0 radical (unpaired) electrons. The van der Waals surface area contributed by atoms with Crippen LogP contribution in [0.5, 0.6) is 0 Å². The van der Waals surface area contributed by atoms with E-state index in [0.29, 0.717) is 6.10 Å². The third-order valence-corrected chi connectivity index (χ3v) is 3.01. The number of aromatic nitrogens is 2. The summed E-state index contributed by atoms with van der Waals surface area (Å²) in [6.45, 7) is 2.42. The summed E-state index contributed by atoms with van der Waals surface area (Å²) in [5, 5.41) is 0. The van der Waals surface area contributed by atoms with Crippen LogP contribution in [0.25, 0.3) is 0 Å². The second kappa shape index (κ2) is 5.81. The van der Waals surface area contributed by atoms with E-state index in [-0.39, 0.29) is 0 Å². The molecule has 1 aromatic heterocycles. The molecule has 0 spiro atoms. The summed E-state index contributed by atoms with van der Waals surface area (Å²) in [6.07, 6.45) is 5.13. The van der Waals surface area contributed by atoms with Crippen molar-refractivity contribution < 1.29 is 9.47 Å². The Hall–Kier alpha value is -0.140. The van der Waals surface area contributed by atoms with Crippen LogP contribution in [0.15, 0.2) is 6.20 Å². The lowest BCUT2D eigenvalue weighted by molar-refractivity contribution is -0.0310. The van der Waals surface area contributed by atoms with Gasteiger partial charge >= 0.3 is 0 Å².